The molecule has 0 radical (unpaired) electrons. The highest BCUT2D eigenvalue weighted by atomic mass is 16.4. The third-order valence-corrected chi connectivity index (χ3v) is 3.55. The molecule has 2 amide bonds. The van der Waals surface area contributed by atoms with E-state index in [-0.39, 0.29) is 12.1 Å². The van der Waals surface area contributed by atoms with E-state index >= 15 is 0 Å². The molecular weight excluding hydrogens is 332 g/mol. The van der Waals surface area contributed by atoms with Gasteiger partial charge in [-0.15, -0.1) is 0 Å². The van der Waals surface area contributed by atoms with Crippen LogP contribution in [0.5, 0.6) is 0 Å². The molecule has 3 N–H and O–H groups in total. The van der Waals surface area contributed by atoms with Gasteiger partial charge in [0.15, 0.2) is 0 Å². The van der Waals surface area contributed by atoms with Crippen LogP contribution >= 0.6 is 0 Å². The molecule has 0 heterocycles. The summed E-state index contributed by atoms with van der Waals surface area (Å²) in [5.41, 5.74) is 1.48. The number of carboxylic acids is 1. The SMILES string of the molecule is CC(=O)N/C(=C\c1ccccc1)C(=O)NC(Cc1ccccc1)C(=O)O. The summed E-state index contributed by atoms with van der Waals surface area (Å²) in [6.07, 6.45) is 1.64. The average molecular weight is 352 g/mol. The maximum atomic E-state index is 12.5. The summed E-state index contributed by atoms with van der Waals surface area (Å²) in [6, 6.07) is 16.9. The minimum absolute atomic E-state index is 0.0111. The average Bonchev–Trinajstić information content (AvgIpc) is 2.62. The number of aliphatic carboxylic acids is 1. The molecule has 0 aliphatic carbocycles. The van der Waals surface area contributed by atoms with E-state index in [1.165, 1.54) is 13.0 Å². The Morgan fingerprint density at radius 1 is 1.00 bits per heavy atom. The monoisotopic (exact) mass is 352 g/mol. The lowest BCUT2D eigenvalue weighted by molar-refractivity contribution is -0.141. The number of nitrogens with one attached hydrogen (secondary N) is 2. The van der Waals surface area contributed by atoms with Crippen LogP contribution in [-0.2, 0) is 20.8 Å². The summed E-state index contributed by atoms with van der Waals surface area (Å²) >= 11 is 0. The molecule has 26 heavy (non-hydrogen) atoms. The van der Waals surface area contributed by atoms with Crippen molar-refractivity contribution in [3.63, 3.8) is 0 Å². The Kier molecular flexibility index (Phi) is 6.68. The van der Waals surface area contributed by atoms with Gasteiger partial charge in [0, 0.05) is 13.3 Å². The van der Waals surface area contributed by atoms with Crippen molar-refractivity contribution in [3.8, 4) is 0 Å². The first-order valence-corrected chi connectivity index (χ1v) is 8.07. The molecule has 0 saturated carbocycles. The van der Waals surface area contributed by atoms with E-state index in [2.05, 4.69) is 10.6 Å². The number of hydrogen-bond acceptors (Lipinski definition) is 3. The Morgan fingerprint density at radius 3 is 2.12 bits per heavy atom. The van der Waals surface area contributed by atoms with Crippen molar-refractivity contribution in [1.82, 2.24) is 10.6 Å². The Hall–Kier alpha value is -3.41. The highest BCUT2D eigenvalue weighted by Crippen LogP contribution is 2.07. The van der Waals surface area contributed by atoms with Gasteiger partial charge in [0.2, 0.25) is 5.91 Å². The molecule has 0 bridgehead atoms. The van der Waals surface area contributed by atoms with E-state index in [9.17, 15) is 19.5 Å². The minimum atomic E-state index is -1.15. The van der Waals surface area contributed by atoms with Crippen LogP contribution in [0, 0.1) is 0 Å². The number of carbonyl (C=O) groups is 3. The topological polar surface area (TPSA) is 95.5 Å². The van der Waals surface area contributed by atoms with Crippen molar-refractivity contribution >= 4 is 23.9 Å². The smallest absolute Gasteiger partial charge is 0.326 e. The number of benzene rings is 2. The van der Waals surface area contributed by atoms with E-state index < -0.39 is 23.8 Å². The van der Waals surface area contributed by atoms with Crippen molar-refractivity contribution in [2.24, 2.45) is 0 Å². The molecule has 2 rings (SSSR count). The summed E-state index contributed by atoms with van der Waals surface area (Å²) in [6.45, 7) is 1.28. The number of carboxylic acid groups (broad SMARTS) is 1. The fourth-order valence-corrected chi connectivity index (χ4v) is 2.35. The van der Waals surface area contributed by atoms with Gasteiger partial charge in [0.1, 0.15) is 11.7 Å². The van der Waals surface area contributed by atoms with Gasteiger partial charge in [0.25, 0.3) is 5.91 Å². The van der Waals surface area contributed by atoms with Crippen LogP contribution < -0.4 is 10.6 Å². The fourth-order valence-electron chi connectivity index (χ4n) is 2.35. The molecule has 0 aliphatic heterocycles. The predicted molar refractivity (Wildman–Crippen MR) is 97.9 cm³/mol. The zero-order chi connectivity index (χ0) is 18.9. The molecule has 0 fully saturated rings. The fraction of sp³-hybridized carbons (Fsp3) is 0.150. The lowest BCUT2D eigenvalue weighted by Crippen LogP contribution is -2.45. The van der Waals surface area contributed by atoms with Gasteiger partial charge in [-0.2, -0.15) is 0 Å². The predicted octanol–water partition coefficient (Wildman–Crippen LogP) is 1.98. The Balaban J connectivity index is 2.19. The molecule has 0 spiro atoms. The normalized spacial score (nSPS) is 12.1. The van der Waals surface area contributed by atoms with Crippen LogP contribution in [0.25, 0.3) is 6.08 Å². The summed E-state index contributed by atoms with van der Waals surface area (Å²) in [5.74, 6) is -2.23. The van der Waals surface area contributed by atoms with Gasteiger partial charge in [-0.3, -0.25) is 9.59 Å². The Bertz CT molecular complexity index is 801. The van der Waals surface area contributed by atoms with E-state index in [1.54, 1.807) is 48.5 Å². The molecule has 0 aliphatic rings. The van der Waals surface area contributed by atoms with E-state index in [1.807, 2.05) is 12.1 Å². The first-order chi connectivity index (χ1) is 12.5. The number of hydrogen-bond donors (Lipinski definition) is 3. The number of carbonyl (C=O) groups excluding carboxylic acids is 2. The van der Waals surface area contributed by atoms with Crippen LogP contribution in [0.3, 0.4) is 0 Å². The van der Waals surface area contributed by atoms with Gasteiger partial charge < -0.3 is 15.7 Å². The number of amides is 2. The summed E-state index contributed by atoms with van der Waals surface area (Å²) in [7, 11) is 0. The van der Waals surface area contributed by atoms with Crippen LogP contribution in [0.2, 0.25) is 0 Å². The van der Waals surface area contributed by atoms with Crippen LogP contribution in [0.1, 0.15) is 18.1 Å². The van der Waals surface area contributed by atoms with E-state index in [0.29, 0.717) is 5.56 Å². The largest absolute Gasteiger partial charge is 0.480 e. The standard InChI is InChI=1S/C20H20N2O4/c1-14(23)21-17(12-15-8-4-2-5-9-15)19(24)22-18(20(25)26)13-16-10-6-3-7-11-16/h2-12,18H,13H2,1H3,(H,21,23)(H,22,24)(H,25,26)/b17-12-. The highest BCUT2D eigenvalue weighted by Gasteiger charge is 2.22. The van der Waals surface area contributed by atoms with Gasteiger partial charge >= 0.3 is 5.97 Å². The molecule has 6 nitrogen and oxygen atoms in total. The van der Waals surface area contributed by atoms with Crippen molar-refractivity contribution in [1.29, 1.82) is 0 Å². The molecule has 0 saturated heterocycles. The highest BCUT2D eigenvalue weighted by molar-refractivity contribution is 6.02. The van der Waals surface area contributed by atoms with Crippen molar-refractivity contribution in [2.75, 3.05) is 0 Å². The third kappa shape index (κ3) is 5.90. The quantitative estimate of drug-likeness (QED) is 0.664. The summed E-state index contributed by atoms with van der Waals surface area (Å²) in [5, 5.41) is 14.3. The molecule has 0 aromatic heterocycles. The summed E-state index contributed by atoms with van der Waals surface area (Å²) < 4.78 is 0. The van der Waals surface area contributed by atoms with Gasteiger partial charge in [-0.25, -0.2) is 4.79 Å². The first-order valence-electron chi connectivity index (χ1n) is 8.07. The second kappa shape index (κ2) is 9.17. The molecule has 2 aromatic carbocycles. The maximum absolute atomic E-state index is 12.5. The van der Waals surface area contributed by atoms with E-state index in [0.717, 1.165) is 5.56 Å². The first kappa shape index (κ1) is 18.9. The molecule has 6 heteroatoms. The minimum Gasteiger partial charge on any atom is -0.480 e. The van der Waals surface area contributed by atoms with E-state index in [4.69, 9.17) is 0 Å². The van der Waals surface area contributed by atoms with Crippen LogP contribution in [0.15, 0.2) is 66.4 Å². The maximum Gasteiger partial charge on any atom is 0.326 e. The Morgan fingerprint density at radius 2 is 1.58 bits per heavy atom. The molecule has 1 unspecified atom stereocenters. The second-order valence-electron chi connectivity index (χ2n) is 5.70. The van der Waals surface area contributed by atoms with Crippen molar-refractivity contribution in [3.05, 3.63) is 77.5 Å². The molecule has 2 aromatic rings. The number of rotatable bonds is 7. The molecular formula is C20H20N2O4. The van der Waals surface area contributed by atoms with Crippen molar-refractivity contribution in [2.45, 2.75) is 19.4 Å². The molecule has 1 atom stereocenters. The van der Waals surface area contributed by atoms with Gasteiger partial charge in [0.05, 0.1) is 0 Å². The van der Waals surface area contributed by atoms with Crippen LogP contribution in [0.4, 0.5) is 0 Å². The third-order valence-electron chi connectivity index (χ3n) is 3.55. The van der Waals surface area contributed by atoms with Gasteiger partial charge in [-0.1, -0.05) is 60.7 Å². The zero-order valence-corrected chi connectivity index (χ0v) is 14.3. The van der Waals surface area contributed by atoms with Crippen LogP contribution in [-0.4, -0.2) is 28.9 Å². The summed E-state index contributed by atoms with van der Waals surface area (Å²) in [4.78, 5) is 35.5. The van der Waals surface area contributed by atoms with Crippen molar-refractivity contribution < 1.29 is 19.5 Å². The Labute approximate surface area is 151 Å². The molecule has 134 valence electrons. The zero-order valence-electron chi connectivity index (χ0n) is 14.3. The lowest BCUT2D eigenvalue weighted by atomic mass is 10.1. The lowest BCUT2D eigenvalue weighted by Gasteiger charge is -2.16. The van der Waals surface area contributed by atoms with Gasteiger partial charge in [-0.05, 0) is 17.2 Å². The second-order valence-corrected chi connectivity index (χ2v) is 5.70.